The van der Waals surface area contributed by atoms with Gasteiger partial charge >= 0.3 is 0 Å². The predicted octanol–water partition coefficient (Wildman–Crippen LogP) is 5.02. The first kappa shape index (κ1) is 24.1. The summed E-state index contributed by atoms with van der Waals surface area (Å²) < 4.78 is 26.0. The Morgan fingerprint density at radius 2 is 1.74 bits per heavy atom. The maximum Gasteiger partial charge on any atom is 0.264 e. The van der Waals surface area contributed by atoms with E-state index in [1.165, 1.54) is 5.56 Å². The van der Waals surface area contributed by atoms with E-state index >= 15 is 4.39 Å². The topological polar surface area (TPSA) is 71.6 Å². The number of ether oxygens (including phenoxy) is 1. The van der Waals surface area contributed by atoms with E-state index in [2.05, 4.69) is 55.0 Å². The highest BCUT2D eigenvalue weighted by Crippen LogP contribution is 2.50. The molecule has 3 heterocycles. The number of hydrogen-bond donors (Lipinski definition) is 1. The summed E-state index contributed by atoms with van der Waals surface area (Å²) >= 11 is 0. The molecule has 1 N–H and O–H groups in total. The fourth-order valence-corrected chi connectivity index (χ4v) is 5.66. The van der Waals surface area contributed by atoms with E-state index in [1.807, 2.05) is 36.4 Å². The number of likely N-dealkylation sites (tertiary alicyclic amines) is 1. The van der Waals surface area contributed by atoms with Crippen LogP contribution in [-0.4, -0.2) is 53.5 Å². The van der Waals surface area contributed by atoms with Crippen molar-refractivity contribution in [1.82, 2.24) is 15.0 Å². The second-order valence-corrected chi connectivity index (χ2v) is 10.8. The third-order valence-electron chi connectivity index (χ3n) is 7.74. The molecule has 2 aliphatic heterocycles. The lowest BCUT2D eigenvalue weighted by Gasteiger charge is -2.56. The highest BCUT2D eigenvalue weighted by Gasteiger charge is 2.55. The van der Waals surface area contributed by atoms with Crippen molar-refractivity contribution in [2.45, 2.75) is 50.8 Å². The van der Waals surface area contributed by atoms with Gasteiger partial charge in [-0.1, -0.05) is 68.4 Å². The zero-order chi connectivity index (χ0) is 24.8. The molecular formula is C28H34FN3O3. The molecule has 2 aliphatic rings. The summed E-state index contributed by atoms with van der Waals surface area (Å²) in [5, 5.41) is 16.5. The van der Waals surface area contributed by atoms with Gasteiger partial charge in [0.2, 0.25) is 5.82 Å². The average Bonchev–Trinajstić information content (AvgIpc) is 3.35. The highest BCUT2D eigenvalue weighted by molar-refractivity contribution is 5.58. The molecule has 7 heteroatoms. The van der Waals surface area contributed by atoms with Crippen LogP contribution >= 0.6 is 0 Å². The number of rotatable bonds is 6. The third-order valence-corrected chi connectivity index (χ3v) is 7.74. The van der Waals surface area contributed by atoms with Crippen LogP contribution in [-0.2, 0) is 16.0 Å². The summed E-state index contributed by atoms with van der Waals surface area (Å²) in [5.74, 6) is 0.722. The van der Waals surface area contributed by atoms with Gasteiger partial charge < -0.3 is 19.3 Å². The monoisotopic (exact) mass is 479 g/mol. The summed E-state index contributed by atoms with van der Waals surface area (Å²) in [6, 6.07) is 15.9. The van der Waals surface area contributed by atoms with Gasteiger partial charge in [0.05, 0.1) is 13.2 Å². The maximum absolute atomic E-state index is 15.3. The van der Waals surface area contributed by atoms with Gasteiger partial charge in [-0.2, -0.15) is 4.98 Å². The molecule has 0 bridgehead atoms. The van der Waals surface area contributed by atoms with Crippen LogP contribution < -0.4 is 0 Å². The first-order chi connectivity index (χ1) is 16.6. The van der Waals surface area contributed by atoms with Crippen molar-refractivity contribution in [2.75, 3.05) is 33.4 Å². The van der Waals surface area contributed by atoms with Gasteiger partial charge in [-0.15, -0.1) is 0 Å². The zero-order valence-electron chi connectivity index (χ0n) is 20.9. The normalized spacial score (nSPS) is 21.5. The number of aromatic nitrogens is 2. The lowest BCUT2D eigenvalue weighted by atomic mass is 9.62. The van der Waals surface area contributed by atoms with Crippen LogP contribution in [0.2, 0.25) is 0 Å². The van der Waals surface area contributed by atoms with Crippen LogP contribution in [0.15, 0.2) is 53.1 Å². The molecule has 0 radical (unpaired) electrons. The van der Waals surface area contributed by atoms with Gasteiger partial charge in [0.15, 0.2) is 5.67 Å². The van der Waals surface area contributed by atoms with E-state index in [-0.39, 0.29) is 24.1 Å². The quantitative estimate of drug-likeness (QED) is 0.535. The molecule has 0 saturated carbocycles. The number of benzene rings is 2. The molecule has 2 saturated heterocycles. The Labute approximate surface area is 206 Å². The Hall–Kier alpha value is -2.61. The molecule has 0 amide bonds. The van der Waals surface area contributed by atoms with E-state index in [9.17, 15) is 5.11 Å². The number of hydrogen-bond acceptors (Lipinski definition) is 6. The van der Waals surface area contributed by atoms with Crippen molar-refractivity contribution in [3.05, 3.63) is 71.1 Å². The molecule has 1 atom stereocenters. The molecule has 5 rings (SSSR count). The van der Waals surface area contributed by atoms with Gasteiger partial charge in [0.1, 0.15) is 5.60 Å². The van der Waals surface area contributed by atoms with Crippen molar-refractivity contribution >= 4 is 0 Å². The van der Waals surface area contributed by atoms with E-state index in [0.29, 0.717) is 30.5 Å². The number of nitrogens with zero attached hydrogens (tertiary/aromatic N) is 3. The van der Waals surface area contributed by atoms with Gasteiger partial charge in [0.25, 0.3) is 5.89 Å². The molecule has 3 aromatic rings. The largest absolute Gasteiger partial charge is 0.381 e. The van der Waals surface area contributed by atoms with Crippen LogP contribution in [0.5, 0.6) is 0 Å². The molecule has 2 fully saturated rings. The standard InChI is InChI=1S/C28H34FN3O3/c1-19(2)20-8-10-22(11-9-20)28(33,26(3)17-32(4)18-26)23-7-5-6-21(16-23)24-30-25(35-31-24)27(29)12-14-34-15-13-27/h5-11,16,19,33H,12-15,17-18H2,1-4H3. The fraction of sp³-hybridized carbons (Fsp3) is 0.500. The summed E-state index contributed by atoms with van der Waals surface area (Å²) in [6.07, 6.45) is 0.402. The number of aliphatic hydroxyl groups is 1. The van der Waals surface area contributed by atoms with Gasteiger partial charge in [-0.05, 0) is 35.7 Å². The maximum atomic E-state index is 15.3. The smallest absolute Gasteiger partial charge is 0.264 e. The number of alkyl halides is 1. The van der Waals surface area contributed by atoms with Gasteiger partial charge in [0, 0.05) is 36.9 Å². The summed E-state index contributed by atoms with van der Waals surface area (Å²) in [4.78, 5) is 6.62. The molecule has 0 aliphatic carbocycles. The molecule has 1 unspecified atom stereocenters. The second kappa shape index (κ2) is 8.80. The van der Waals surface area contributed by atoms with Crippen LogP contribution in [0.25, 0.3) is 11.4 Å². The fourth-order valence-electron chi connectivity index (χ4n) is 5.66. The van der Waals surface area contributed by atoms with Crippen LogP contribution in [0.4, 0.5) is 4.39 Å². The molecule has 0 spiro atoms. The van der Waals surface area contributed by atoms with Crippen LogP contribution in [0, 0.1) is 5.41 Å². The van der Waals surface area contributed by atoms with E-state index < -0.39 is 11.3 Å². The Kier molecular flexibility index (Phi) is 6.06. The average molecular weight is 480 g/mol. The summed E-state index contributed by atoms with van der Waals surface area (Å²) in [6.45, 7) is 8.64. The van der Waals surface area contributed by atoms with Crippen molar-refractivity contribution in [2.24, 2.45) is 5.41 Å². The molecular weight excluding hydrogens is 445 g/mol. The highest BCUT2D eigenvalue weighted by atomic mass is 19.1. The van der Waals surface area contributed by atoms with Crippen molar-refractivity contribution < 1.29 is 18.8 Å². The Morgan fingerprint density at radius 3 is 2.37 bits per heavy atom. The van der Waals surface area contributed by atoms with Crippen molar-refractivity contribution in [1.29, 1.82) is 0 Å². The van der Waals surface area contributed by atoms with Crippen LogP contribution in [0.1, 0.15) is 62.1 Å². The van der Waals surface area contributed by atoms with Crippen molar-refractivity contribution in [3.63, 3.8) is 0 Å². The summed E-state index contributed by atoms with van der Waals surface area (Å²) in [5.41, 5.74) is 0.259. The van der Waals surface area contributed by atoms with E-state index in [1.54, 1.807) is 0 Å². The molecule has 6 nitrogen and oxygen atoms in total. The minimum atomic E-state index is -1.66. The minimum Gasteiger partial charge on any atom is -0.381 e. The van der Waals surface area contributed by atoms with Gasteiger partial charge in [-0.25, -0.2) is 4.39 Å². The first-order valence-corrected chi connectivity index (χ1v) is 12.4. The Balaban J connectivity index is 1.54. The summed E-state index contributed by atoms with van der Waals surface area (Å²) in [7, 11) is 2.06. The molecule has 186 valence electrons. The Bertz CT molecular complexity index is 1180. The molecule has 1 aromatic heterocycles. The lowest BCUT2D eigenvalue weighted by Crippen LogP contribution is -2.63. The SMILES string of the molecule is CC(C)c1ccc(C(O)(c2cccc(-c3noc(C4(F)CCOCC4)n3)c2)C2(C)CN(C)C2)cc1. The third kappa shape index (κ3) is 4.09. The first-order valence-electron chi connectivity index (χ1n) is 12.4. The zero-order valence-corrected chi connectivity index (χ0v) is 20.9. The predicted molar refractivity (Wildman–Crippen MR) is 132 cm³/mol. The van der Waals surface area contributed by atoms with Crippen molar-refractivity contribution in [3.8, 4) is 11.4 Å². The Morgan fingerprint density at radius 1 is 1.06 bits per heavy atom. The van der Waals surface area contributed by atoms with E-state index in [0.717, 1.165) is 24.2 Å². The second-order valence-electron chi connectivity index (χ2n) is 10.8. The van der Waals surface area contributed by atoms with Gasteiger partial charge in [-0.3, -0.25) is 0 Å². The molecule has 35 heavy (non-hydrogen) atoms. The lowest BCUT2D eigenvalue weighted by molar-refractivity contribution is -0.127. The number of halogens is 1. The van der Waals surface area contributed by atoms with E-state index in [4.69, 9.17) is 9.26 Å². The van der Waals surface area contributed by atoms with Crippen LogP contribution in [0.3, 0.4) is 0 Å². The minimum absolute atomic E-state index is 0.00619. The molecule has 2 aromatic carbocycles.